The average Bonchev–Trinajstić information content (AvgIpc) is 2.27. The zero-order chi connectivity index (χ0) is 10.8. The van der Waals surface area contributed by atoms with Crippen molar-refractivity contribution in [1.29, 1.82) is 5.26 Å². The lowest BCUT2D eigenvalue weighted by Crippen LogP contribution is -2.30. The first-order valence-electron chi connectivity index (χ1n) is 4.38. The third-order valence-electron chi connectivity index (χ3n) is 2.22. The van der Waals surface area contributed by atoms with Gasteiger partial charge in [0.1, 0.15) is 11.8 Å². The van der Waals surface area contributed by atoms with Crippen molar-refractivity contribution in [3.8, 4) is 6.07 Å². The SMILES string of the molecule is N#Cc1nccc2c(B(O)O)cccc12. The van der Waals surface area contributed by atoms with E-state index in [0.29, 0.717) is 16.2 Å². The molecule has 0 unspecified atom stereocenters. The van der Waals surface area contributed by atoms with Gasteiger partial charge >= 0.3 is 7.12 Å². The molecule has 72 valence electrons. The van der Waals surface area contributed by atoms with Crippen LogP contribution in [0, 0.1) is 11.3 Å². The molecular formula is C10H7BN2O2. The minimum absolute atomic E-state index is 0.287. The lowest BCUT2D eigenvalue weighted by atomic mass is 9.77. The molecule has 0 aliphatic carbocycles. The molecule has 15 heavy (non-hydrogen) atoms. The fourth-order valence-electron chi connectivity index (χ4n) is 1.55. The Labute approximate surface area is 86.6 Å². The van der Waals surface area contributed by atoms with Gasteiger partial charge in [0, 0.05) is 11.6 Å². The highest BCUT2D eigenvalue weighted by Gasteiger charge is 2.15. The summed E-state index contributed by atoms with van der Waals surface area (Å²) in [5.41, 5.74) is 0.668. The minimum Gasteiger partial charge on any atom is -0.423 e. The maximum absolute atomic E-state index is 9.14. The van der Waals surface area contributed by atoms with Gasteiger partial charge in [0.05, 0.1) is 0 Å². The van der Waals surface area contributed by atoms with E-state index < -0.39 is 7.12 Å². The summed E-state index contributed by atoms with van der Waals surface area (Å²) in [6, 6.07) is 8.62. The number of hydrogen-bond donors (Lipinski definition) is 2. The van der Waals surface area contributed by atoms with E-state index in [0.717, 1.165) is 0 Å². The molecule has 2 N–H and O–H groups in total. The molecule has 0 bridgehead atoms. The van der Waals surface area contributed by atoms with Crippen LogP contribution in [0.5, 0.6) is 0 Å². The van der Waals surface area contributed by atoms with Crippen molar-refractivity contribution in [3.05, 3.63) is 36.2 Å². The van der Waals surface area contributed by atoms with E-state index in [9.17, 15) is 0 Å². The van der Waals surface area contributed by atoms with Crippen LogP contribution in [0.15, 0.2) is 30.5 Å². The fourth-order valence-corrected chi connectivity index (χ4v) is 1.55. The molecule has 2 aromatic rings. The quantitative estimate of drug-likeness (QED) is 0.621. The Morgan fingerprint density at radius 3 is 2.67 bits per heavy atom. The number of nitriles is 1. The molecule has 0 radical (unpaired) electrons. The molecule has 0 amide bonds. The summed E-state index contributed by atoms with van der Waals surface area (Å²) in [5, 5.41) is 28.4. The van der Waals surface area contributed by atoms with Gasteiger partial charge in [-0.15, -0.1) is 0 Å². The average molecular weight is 198 g/mol. The topological polar surface area (TPSA) is 77.1 Å². The highest BCUT2D eigenvalue weighted by molar-refractivity contribution is 6.62. The van der Waals surface area contributed by atoms with Crippen LogP contribution in [0.4, 0.5) is 0 Å². The fraction of sp³-hybridized carbons (Fsp3) is 0. The Balaban J connectivity index is 2.84. The first kappa shape index (κ1) is 9.65. The Hall–Kier alpha value is -1.90. The van der Waals surface area contributed by atoms with Crippen LogP contribution in [0.3, 0.4) is 0 Å². The van der Waals surface area contributed by atoms with Gasteiger partial charge in [-0.2, -0.15) is 5.26 Å². The van der Waals surface area contributed by atoms with E-state index in [1.165, 1.54) is 6.20 Å². The Morgan fingerprint density at radius 1 is 1.20 bits per heavy atom. The maximum Gasteiger partial charge on any atom is 0.489 e. The monoisotopic (exact) mass is 198 g/mol. The smallest absolute Gasteiger partial charge is 0.423 e. The van der Waals surface area contributed by atoms with Gasteiger partial charge in [-0.3, -0.25) is 0 Å². The van der Waals surface area contributed by atoms with Crippen molar-refractivity contribution in [2.24, 2.45) is 0 Å². The number of hydrogen-bond acceptors (Lipinski definition) is 4. The van der Waals surface area contributed by atoms with Gasteiger partial charge < -0.3 is 10.0 Å². The van der Waals surface area contributed by atoms with Crippen LogP contribution in [0.1, 0.15) is 5.69 Å². The summed E-state index contributed by atoms with van der Waals surface area (Å²) in [6.45, 7) is 0. The number of nitrogens with zero attached hydrogens (tertiary/aromatic N) is 2. The van der Waals surface area contributed by atoms with E-state index in [-0.39, 0.29) is 5.69 Å². The number of rotatable bonds is 1. The zero-order valence-corrected chi connectivity index (χ0v) is 7.75. The molecule has 1 aromatic carbocycles. The van der Waals surface area contributed by atoms with Crippen LogP contribution >= 0.6 is 0 Å². The van der Waals surface area contributed by atoms with Gasteiger partial charge in [-0.05, 0) is 16.9 Å². The molecule has 1 heterocycles. The highest BCUT2D eigenvalue weighted by Crippen LogP contribution is 2.14. The first-order valence-corrected chi connectivity index (χ1v) is 4.38. The van der Waals surface area contributed by atoms with Gasteiger partial charge in [0.2, 0.25) is 0 Å². The van der Waals surface area contributed by atoms with Crippen molar-refractivity contribution < 1.29 is 10.0 Å². The molecule has 0 atom stereocenters. The van der Waals surface area contributed by atoms with Gasteiger partial charge in [-0.25, -0.2) is 4.98 Å². The van der Waals surface area contributed by atoms with Crippen LogP contribution in [0.2, 0.25) is 0 Å². The van der Waals surface area contributed by atoms with Gasteiger partial charge in [0.15, 0.2) is 0 Å². The molecule has 0 saturated carbocycles. The van der Waals surface area contributed by atoms with Crippen molar-refractivity contribution in [2.75, 3.05) is 0 Å². The second-order valence-electron chi connectivity index (χ2n) is 3.09. The largest absolute Gasteiger partial charge is 0.489 e. The maximum atomic E-state index is 9.14. The number of pyridine rings is 1. The summed E-state index contributed by atoms with van der Waals surface area (Å²) in [4.78, 5) is 3.90. The second kappa shape index (κ2) is 3.69. The summed E-state index contributed by atoms with van der Waals surface area (Å²) in [5.74, 6) is 0. The molecular weight excluding hydrogens is 191 g/mol. The normalized spacial score (nSPS) is 9.93. The van der Waals surface area contributed by atoms with Gasteiger partial charge in [0.25, 0.3) is 0 Å². The summed E-state index contributed by atoms with van der Waals surface area (Å²) >= 11 is 0. The molecule has 2 rings (SSSR count). The van der Waals surface area contributed by atoms with E-state index in [1.54, 1.807) is 24.3 Å². The Bertz CT molecular complexity index is 549. The molecule has 0 aliphatic rings. The molecule has 0 saturated heterocycles. The van der Waals surface area contributed by atoms with E-state index in [1.807, 2.05) is 6.07 Å². The number of fused-ring (bicyclic) bond motifs is 1. The predicted molar refractivity (Wildman–Crippen MR) is 56.3 cm³/mol. The molecule has 0 spiro atoms. The lowest BCUT2D eigenvalue weighted by Gasteiger charge is -2.05. The molecule has 4 nitrogen and oxygen atoms in total. The lowest BCUT2D eigenvalue weighted by molar-refractivity contribution is 0.426. The van der Waals surface area contributed by atoms with Gasteiger partial charge in [-0.1, -0.05) is 18.2 Å². The predicted octanol–water partition coefficient (Wildman–Crippen LogP) is -0.214. The number of aromatic nitrogens is 1. The summed E-state index contributed by atoms with van der Waals surface area (Å²) in [6.07, 6.45) is 1.48. The van der Waals surface area contributed by atoms with Crippen LogP contribution in [-0.4, -0.2) is 22.2 Å². The summed E-state index contributed by atoms with van der Waals surface area (Å²) < 4.78 is 0. The third-order valence-corrected chi connectivity index (χ3v) is 2.22. The minimum atomic E-state index is -1.54. The second-order valence-corrected chi connectivity index (χ2v) is 3.09. The molecule has 0 aliphatic heterocycles. The molecule has 0 fully saturated rings. The van der Waals surface area contributed by atoms with Crippen molar-refractivity contribution >= 4 is 23.4 Å². The van der Waals surface area contributed by atoms with Crippen LogP contribution in [-0.2, 0) is 0 Å². The first-order chi connectivity index (χ1) is 7.24. The highest BCUT2D eigenvalue weighted by atomic mass is 16.4. The molecule has 5 heteroatoms. The third kappa shape index (κ3) is 1.56. The van der Waals surface area contributed by atoms with Crippen molar-refractivity contribution in [2.45, 2.75) is 0 Å². The Morgan fingerprint density at radius 2 is 2.00 bits per heavy atom. The number of benzene rings is 1. The van der Waals surface area contributed by atoms with E-state index >= 15 is 0 Å². The Kier molecular flexibility index (Phi) is 2.38. The van der Waals surface area contributed by atoms with Crippen molar-refractivity contribution in [1.82, 2.24) is 4.98 Å². The van der Waals surface area contributed by atoms with E-state index in [2.05, 4.69) is 4.98 Å². The van der Waals surface area contributed by atoms with Crippen LogP contribution in [0.25, 0.3) is 10.8 Å². The van der Waals surface area contributed by atoms with E-state index in [4.69, 9.17) is 15.3 Å². The van der Waals surface area contributed by atoms with Crippen LogP contribution < -0.4 is 5.46 Å². The zero-order valence-electron chi connectivity index (χ0n) is 7.75. The summed E-state index contributed by atoms with van der Waals surface area (Å²) in [7, 11) is -1.54. The molecule has 1 aromatic heterocycles. The standard InChI is InChI=1S/C10H7BN2O2/c12-6-10-8-2-1-3-9(11(14)15)7(8)4-5-13-10/h1-5,14-15H. The van der Waals surface area contributed by atoms with Crippen molar-refractivity contribution in [3.63, 3.8) is 0 Å².